The lowest BCUT2D eigenvalue weighted by Gasteiger charge is -2.27. The first-order valence-corrected chi connectivity index (χ1v) is 31.6. The number of ether oxygens (including phenoxy) is 1. The van der Waals surface area contributed by atoms with Gasteiger partial charge in [-0.1, -0.05) is 230 Å². The van der Waals surface area contributed by atoms with Gasteiger partial charge in [-0.2, -0.15) is 0 Å². The van der Waals surface area contributed by atoms with Gasteiger partial charge in [-0.15, -0.1) is 0 Å². The molecule has 420 valence electrons. The van der Waals surface area contributed by atoms with Crippen LogP contribution in [0.25, 0.3) is 0 Å². The number of unbranched alkanes of at least 4 members (excludes halogenated alkanes) is 30. The van der Waals surface area contributed by atoms with Crippen molar-refractivity contribution in [3.05, 3.63) is 60.8 Å². The first-order chi connectivity index (χ1) is 34.9. The number of phosphoric acid groups is 1. The lowest BCUT2D eigenvalue weighted by atomic mass is 10.0. The van der Waals surface area contributed by atoms with Gasteiger partial charge in [0.05, 0.1) is 33.8 Å². The van der Waals surface area contributed by atoms with Crippen molar-refractivity contribution in [3.63, 3.8) is 0 Å². The fourth-order valence-electron chi connectivity index (χ4n) is 8.54. The zero-order chi connectivity index (χ0) is 52.9. The maximum absolute atomic E-state index is 13.5. The molecule has 10 heteroatoms. The van der Waals surface area contributed by atoms with Gasteiger partial charge >= 0.3 is 13.8 Å². The van der Waals surface area contributed by atoms with Gasteiger partial charge in [0.2, 0.25) is 5.91 Å². The number of allylic oxidation sites excluding steroid dienone is 9. The molecule has 3 unspecified atom stereocenters. The lowest BCUT2D eigenvalue weighted by Crippen LogP contribution is -2.47. The van der Waals surface area contributed by atoms with Gasteiger partial charge in [-0.3, -0.25) is 18.6 Å². The number of phosphoric ester groups is 1. The minimum Gasteiger partial charge on any atom is -0.456 e. The number of hydrogen-bond acceptors (Lipinski definition) is 6. The fraction of sp³-hybridized carbons (Fsp3) is 0.806. The Morgan fingerprint density at radius 1 is 0.500 bits per heavy atom. The van der Waals surface area contributed by atoms with Crippen LogP contribution >= 0.6 is 7.82 Å². The van der Waals surface area contributed by atoms with Crippen molar-refractivity contribution in [2.75, 3.05) is 40.9 Å². The van der Waals surface area contributed by atoms with Gasteiger partial charge in [-0.05, 0) is 89.5 Å². The number of amides is 1. The number of likely N-dealkylation sites (N-methyl/N-ethyl adjacent to an activating group) is 1. The van der Waals surface area contributed by atoms with E-state index >= 15 is 0 Å². The van der Waals surface area contributed by atoms with E-state index < -0.39 is 20.0 Å². The van der Waals surface area contributed by atoms with Crippen LogP contribution in [0, 0.1) is 0 Å². The summed E-state index contributed by atoms with van der Waals surface area (Å²) in [6.07, 6.45) is 65.0. The molecule has 2 N–H and O–H groups in total. The van der Waals surface area contributed by atoms with Crippen LogP contribution in [-0.2, 0) is 27.9 Å². The van der Waals surface area contributed by atoms with Crippen LogP contribution in [0.3, 0.4) is 0 Å². The monoisotopic (exact) mass is 1030 g/mol. The number of carbonyl (C=O) groups excluding carboxylic acids is 2. The predicted molar refractivity (Wildman–Crippen MR) is 309 cm³/mol. The Bertz CT molecular complexity index is 1420. The van der Waals surface area contributed by atoms with E-state index in [-0.39, 0.29) is 31.5 Å². The molecule has 0 radical (unpaired) electrons. The largest absolute Gasteiger partial charge is 0.472 e. The maximum Gasteiger partial charge on any atom is 0.472 e. The predicted octanol–water partition coefficient (Wildman–Crippen LogP) is 18.3. The molecule has 0 aromatic carbocycles. The van der Waals surface area contributed by atoms with Crippen LogP contribution in [0.5, 0.6) is 0 Å². The highest BCUT2D eigenvalue weighted by molar-refractivity contribution is 7.47. The van der Waals surface area contributed by atoms with E-state index in [1.54, 1.807) is 0 Å². The van der Waals surface area contributed by atoms with Crippen molar-refractivity contribution < 1.29 is 37.3 Å². The van der Waals surface area contributed by atoms with Crippen molar-refractivity contribution >= 4 is 19.7 Å². The molecule has 72 heavy (non-hydrogen) atoms. The van der Waals surface area contributed by atoms with Gasteiger partial charge in [0.25, 0.3) is 0 Å². The third kappa shape index (κ3) is 52.6. The summed E-state index contributed by atoms with van der Waals surface area (Å²) >= 11 is 0. The second-order valence-corrected chi connectivity index (χ2v) is 22.9. The summed E-state index contributed by atoms with van der Waals surface area (Å²) in [7, 11) is 1.48. The highest BCUT2D eigenvalue weighted by atomic mass is 31.2. The van der Waals surface area contributed by atoms with Crippen LogP contribution in [0.4, 0.5) is 0 Å². The quantitative estimate of drug-likeness (QED) is 0.0205. The Morgan fingerprint density at radius 2 is 0.889 bits per heavy atom. The molecule has 0 aromatic heterocycles. The standard InChI is InChI=1S/C62H115N2O7P/c1-7-10-13-16-19-22-25-28-30-31-32-33-34-37-40-43-46-49-52-55-62(66)71-60(53-50-47-44-41-38-35-27-24-21-18-15-12-9-3)59(58-70-72(67,68)69-57-56-64(4,5)6)63-61(65)54-51-48-45-42-39-36-29-26-23-20-17-14-11-8-2/h11,14,20,23,28-30,36,50,53,59-60H,7-10,12-13,15-19,21-22,24-27,31-35,37-49,51-52,54-58H2,1-6H3,(H-,63,65,67,68)/p+1/b14-11+,23-20+,30-28+,36-29+,53-50+. The molecule has 9 nitrogen and oxygen atoms in total. The highest BCUT2D eigenvalue weighted by Crippen LogP contribution is 2.43. The molecule has 0 saturated carbocycles. The maximum atomic E-state index is 13.5. The van der Waals surface area contributed by atoms with E-state index in [9.17, 15) is 19.0 Å². The molecule has 0 aliphatic heterocycles. The van der Waals surface area contributed by atoms with Gasteiger partial charge < -0.3 is 19.4 Å². The Morgan fingerprint density at radius 3 is 1.35 bits per heavy atom. The summed E-state index contributed by atoms with van der Waals surface area (Å²) in [6, 6.07) is -0.861. The molecule has 0 spiro atoms. The van der Waals surface area contributed by atoms with Gasteiger partial charge in [0.1, 0.15) is 19.3 Å². The second-order valence-electron chi connectivity index (χ2n) is 21.5. The highest BCUT2D eigenvalue weighted by Gasteiger charge is 2.30. The number of carbonyl (C=O) groups is 2. The van der Waals surface area contributed by atoms with E-state index in [0.717, 1.165) is 89.9 Å². The average molecular weight is 1030 g/mol. The third-order valence-corrected chi connectivity index (χ3v) is 14.2. The first-order valence-electron chi connectivity index (χ1n) is 30.1. The van der Waals surface area contributed by atoms with E-state index in [1.165, 1.54) is 148 Å². The van der Waals surface area contributed by atoms with E-state index in [1.807, 2.05) is 33.3 Å². The molecule has 0 aromatic rings. The molecule has 0 aliphatic rings. The number of rotatable bonds is 54. The Kier molecular flexibility index (Phi) is 50.5. The smallest absolute Gasteiger partial charge is 0.456 e. The summed E-state index contributed by atoms with van der Waals surface area (Å²) in [5, 5.41) is 3.04. The molecule has 0 bridgehead atoms. The molecule has 0 heterocycles. The molecular weight excluding hydrogens is 916 g/mol. The Balaban J connectivity index is 5.32. The van der Waals surface area contributed by atoms with Crippen LogP contribution in [0.1, 0.15) is 271 Å². The SMILES string of the molecule is CC/C=C/C/C=C/C/C=C/CCCCCCC(=O)NC(COP(=O)(O)OCC[N+](C)(C)C)C(/C=C/CCCCCCCCCCCCC)OC(=O)CCCCCCCCCCC/C=C/CCCCCCCC. The lowest BCUT2D eigenvalue weighted by molar-refractivity contribution is -0.870. The van der Waals surface area contributed by atoms with Crippen molar-refractivity contribution in [1.82, 2.24) is 5.32 Å². The summed E-state index contributed by atoms with van der Waals surface area (Å²) in [4.78, 5) is 37.6. The zero-order valence-electron chi connectivity index (χ0n) is 47.9. The molecule has 3 atom stereocenters. The molecule has 0 saturated heterocycles. The van der Waals surface area contributed by atoms with Crippen molar-refractivity contribution in [2.45, 2.75) is 283 Å². The first kappa shape index (κ1) is 69.7. The number of esters is 1. The van der Waals surface area contributed by atoms with Crippen molar-refractivity contribution in [1.29, 1.82) is 0 Å². The number of hydrogen-bond donors (Lipinski definition) is 2. The summed E-state index contributed by atoms with van der Waals surface area (Å²) in [5.74, 6) is -0.529. The van der Waals surface area contributed by atoms with Crippen molar-refractivity contribution in [2.24, 2.45) is 0 Å². The molecular formula is C62H116N2O7P+. The summed E-state index contributed by atoms with van der Waals surface area (Å²) in [5.41, 5.74) is 0. The normalized spacial score (nSPS) is 14.2. The number of nitrogens with one attached hydrogen (secondary N) is 1. The van der Waals surface area contributed by atoms with Gasteiger partial charge in [-0.25, -0.2) is 4.57 Å². The minimum atomic E-state index is -4.45. The van der Waals surface area contributed by atoms with E-state index in [2.05, 4.69) is 74.7 Å². The number of nitrogens with zero attached hydrogens (tertiary/aromatic N) is 1. The Hall–Kier alpha value is -2.29. The zero-order valence-corrected chi connectivity index (χ0v) is 48.8. The summed E-state index contributed by atoms with van der Waals surface area (Å²) < 4.78 is 30.6. The average Bonchev–Trinajstić information content (AvgIpc) is 3.34. The van der Waals surface area contributed by atoms with Crippen LogP contribution < -0.4 is 5.32 Å². The second kappa shape index (κ2) is 52.2. The summed E-state index contributed by atoms with van der Waals surface area (Å²) in [6.45, 7) is 6.89. The van der Waals surface area contributed by atoms with E-state index in [4.69, 9.17) is 13.8 Å². The topological polar surface area (TPSA) is 111 Å². The molecule has 0 rings (SSSR count). The molecule has 1 amide bonds. The Labute approximate surface area is 445 Å². The third-order valence-electron chi connectivity index (χ3n) is 13.2. The fourth-order valence-corrected chi connectivity index (χ4v) is 9.27. The van der Waals surface area contributed by atoms with Gasteiger partial charge in [0.15, 0.2) is 0 Å². The van der Waals surface area contributed by atoms with Gasteiger partial charge in [0, 0.05) is 12.8 Å². The number of quaternary nitrogens is 1. The minimum absolute atomic E-state index is 0.0343. The van der Waals surface area contributed by atoms with E-state index in [0.29, 0.717) is 17.4 Å². The van der Waals surface area contributed by atoms with Crippen molar-refractivity contribution in [3.8, 4) is 0 Å². The van der Waals surface area contributed by atoms with Crippen LogP contribution in [-0.4, -0.2) is 74.3 Å². The van der Waals surface area contributed by atoms with Crippen LogP contribution in [0.15, 0.2) is 60.8 Å². The molecule has 0 fully saturated rings. The molecule has 0 aliphatic carbocycles. The van der Waals surface area contributed by atoms with Crippen LogP contribution in [0.2, 0.25) is 0 Å².